The molecule has 2 aromatic rings. The zero-order valence-electron chi connectivity index (χ0n) is 14.5. The highest BCUT2D eigenvalue weighted by Crippen LogP contribution is 2.32. The molecule has 0 amide bonds. The van der Waals surface area contributed by atoms with Crippen LogP contribution in [-0.4, -0.2) is 32.5 Å². The third-order valence-electron chi connectivity index (χ3n) is 3.85. The fraction of sp³-hybridized carbons (Fsp3) is 0.316. The van der Waals surface area contributed by atoms with Gasteiger partial charge >= 0.3 is 0 Å². The summed E-state index contributed by atoms with van der Waals surface area (Å²) in [6.45, 7) is 2.08. The Morgan fingerprint density at radius 3 is 2.56 bits per heavy atom. The first-order valence-electron chi connectivity index (χ1n) is 8.29. The first-order valence-corrected chi connectivity index (χ1v) is 9.51. The van der Waals surface area contributed by atoms with Crippen LogP contribution in [0.3, 0.4) is 0 Å². The van der Waals surface area contributed by atoms with Gasteiger partial charge in [0.1, 0.15) is 0 Å². The molecule has 132 valence electrons. The van der Waals surface area contributed by atoms with Gasteiger partial charge in [-0.2, -0.15) is 0 Å². The molecule has 0 saturated carbocycles. The van der Waals surface area contributed by atoms with E-state index in [0.29, 0.717) is 25.7 Å². The van der Waals surface area contributed by atoms with Gasteiger partial charge in [-0.1, -0.05) is 12.1 Å². The van der Waals surface area contributed by atoms with Gasteiger partial charge in [-0.3, -0.25) is 4.99 Å². The number of benzene rings is 2. The smallest absolute Gasteiger partial charge is 0.195 e. The van der Waals surface area contributed by atoms with Crippen LogP contribution in [0.5, 0.6) is 11.5 Å². The number of ether oxygens (including phenoxy) is 2. The predicted octanol–water partition coefficient (Wildman–Crippen LogP) is 3.76. The molecule has 0 radical (unpaired) electrons. The summed E-state index contributed by atoms with van der Waals surface area (Å²) in [5.74, 6) is 2.27. The Hall–Kier alpha value is -2.34. The fourth-order valence-corrected chi connectivity index (χ4v) is 2.89. The summed E-state index contributed by atoms with van der Waals surface area (Å²) in [5.41, 5.74) is 2.12. The maximum Gasteiger partial charge on any atom is 0.195 e. The Bertz CT molecular complexity index is 732. The largest absolute Gasteiger partial charge is 0.490 e. The Morgan fingerprint density at radius 1 is 1.08 bits per heavy atom. The van der Waals surface area contributed by atoms with E-state index in [9.17, 15) is 0 Å². The van der Waals surface area contributed by atoms with Crippen molar-refractivity contribution >= 4 is 23.4 Å². The van der Waals surface area contributed by atoms with Crippen LogP contribution in [0.25, 0.3) is 0 Å². The minimum Gasteiger partial charge on any atom is -0.490 e. The van der Waals surface area contributed by atoms with Gasteiger partial charge in [-0.15, -0.1) is 11.8 Å². The molecule has 6 heteroatoms. The Balaban J connectivity index is 1.61. The second kappa shape index (κ2) is 8.67. The summed E-state index contributed by atoms with van der Waals surface area (Å²) in [5, 5.41) is 6.62. The van der Waals surface area contributed by atoms with E-state index in [0.717, 1.165) is 23.6 Å². The molecule has 3 rings (SSSR count). The third-order valence-corrected chi connectivity index (χ3v) is 4.60. The Kier molecular flexibility index (Phi) is 6.06. The van der Waals surface area contributed by atoms with Crippen LogP contribution in [0.15, 0.2) is 52.4 Å². The highest BCUT2D eigenvalue weighted by atomic mass is 32.2. The average molecular weight is 357 g/mol. The number of rotatable bonds is 4. The minimum absolute atomic E-state index is 0.676. The number of thioether (sulfide) groups is 1. The van der Waals surface area contributed by atoms with Crippen molar-refractivity contribution in [2.75, 3.05) is 31.8 Å². The van der Waals surface area contributed by atoms with Crippen LogP contribution in [0.4, 0.5) is 5.69 Å². The van der Waals surface area contributed by atoms with Crippen LogP contribution in [0.1, 0.15) is 12.0 Å². The van der Waals surface area contributed by atoms with Crippen molar-refractivity contribution in [1.82, 2.24) is 5.32 Å². The summed E-state index contributed by atoms with van der Waals surface area (Å²) >= 11 is 1.74. The molecule has 5 nitrogen and oxygen atoms in total. The molecule has 0 spiro atoms. The second-order valence-electron chi connectivity index (χ2n) is 5.61. The van der Waals surface area contributed by atoms with Crippen molar-refractivity contribution in [3.8, 4) is 11.5 Å². The van der Waals surface area contributed by atoms with E-state index in [4.69, 9.17) is 9.47 Å². The van der Waals surface area contributed by atoms with E-state index in [2.05, 4.69) is 46.1 Å². The van der Waals surface area contributed by atoms with E-state index < -0.39 is 0 Å². The summed E-state index contributed by atoms with van der Waals surface area (Å²) in [6.07, 6.45) is 2.98. The van der Waals surface area contributed by atoms with Gasteiger partial charge in [-0.05, 0) is 36.1 Å². The molecular formula is C19H23N3O2S. The maximum atomic E-state index is 5.73. The van der Waals surface area contributed by atoms with Crippen molar-refractivity contribution in [1.29, 1.82) is 0 Å². The third kappa shape index (κ3) is 4.82. The van der Waals surface area contributed by atoms with Crippen molar-refractivity contribution in [3.63, 3.8) is 0 Å². The van der Waals surface area contributed by atoms with Crippen molar-refractivity contribution in [2.24, 2.45) is 4.99 Å². The van der Waals surface area contributed by atoms with Crippen LogP contribution in [0, 0.1) is 0 Å². The van der Waals surface area contributed by atoms with Crippen LogP contribution in [-0.2, 0) is 6.54 Å². The number of aliphatic imine (C=N–C) groups is 1. The molecular weight excluding hydrogens is 334 g/mol. The number of nitrogens with one attached hydrogen (secondary N) is 2. The molecule has 1 aliphatic rings. The first-order chi connectivity index (χ1) is 12.3. The summed E-state index contributed by atoms with van der Waals surface area (Å²) in [6, 6.07) is 14.3. The lowest BCUT2D eigenvalue weighted by molar-refractivity contribution is 0.297. The molecule has 0 atom stereocenters. The van der Waals surface area contributed by atoms with Crippen molar-refractivity contribution < 1.29 is 9.47 Å². The SMILES string of the molecule is CN=C(NCc1ccc(SC)cc1)Nc1ccc2c(c1)OCCCO2. The Labute approximate surface area is 152 Å². The second-order valence-corrected chi connectivity index (χ2v) is 6.49. The standard InChI is InChI=1S/C19H23N3O2S/c1-20-19(21-13-14-4-7-16(25-2)8-5-14)22-15-6-9-17-18(12-15)24-11-3-10-23-17/h4-9,12H,3,10-11,13H2,1-2H3,(H2,20,21,22). The topological polar surface area (TPSA) is 54.9 Å². The molecule has 0 unspecified atom stereocenters. The highest BCUT2D eigenvalue weighted by Gasteiger charge is 2.11. The number of guanidine groups is 1. The summed E-state index contributed by atoms with van der Waals surface area (Å²) < 4.78 is 11.4. The zero-order chi connectivity index (χ0) is 17.5. The number of anilines is 1. The lowest BCUT2D eigenvalue weighted by Crippen LogP contribution is -2.30. The van der Waals surface area contributed by atoms with E-state index in [1.165, 1.54) is 10.5 Å². The minimum atomic E-state index is 0.676. The van der Waals surface area contributed by atoms with E-state index in [1.54, 1.807) is 18.8 Å². The Morgan fingerprint density at radius 2 is 1.84 bits per heavy atom. The molecule has 1 heterocycles. The lowest BCUT2D eigenvalue weighted by Gasteiger charge is -2.14. The van der Waals surface area contributed by atoms with Gasteiger partial charge in [0, 0.05) is 36.7 Å². The van der Waals surface area contributed by atoms with Gasteiger partial charge in [0.05, 0.1) is 13.2 Å². The van der Waals surface area contributed by atoms with Gasteiger partial charge in [-0.25, -0.2) is 0 Å². The van der Waals surface area contributed by atoms with Crippen LogP contribution >= 0.6 is 11.8 Å². The van der Waals surface area contributed by atoms with Crippen molar-refractivity contribution in [2.45, 2.75) is 17.9 Å². The molecule has 0 aromatic heterocycles. The quantitative estimate of drug-likeness (QED) is 0.496. The maximum absolute atomic E-state index is 5.73. The van der Waals surface area contributed by atoms with Crippen LogP contribution < -0.4 is 20.1 Å². The van der Waals surface area contributed by atoms with Crippen LogP contribution in [0.2, 0.25) is 0 Å². The molecule has 0 fully saturated rings. The van der Waals surface area contributed by atoms with Gasteiger partial charge in [0.2, 0.25) is 0 Å². The molecule has 0 saturated heterocycles. The van der Waals surface area contributed by atoms with E-state index in [1.807, 2.05) is 18.2 Å². The van der Waals surface area contributed by atoms with Crippen molar-refractivity contribution in [3.05, 3.63) is 48.0 Å². The first kappa shape index (κ1) is 17.5. The molecule has 25 heavy (non-hydrogen) atoms. The number of nitrogens with zero attached hydrogens (tertiary/aromatic N) is 1. The number of fused-ring (bicyclic) bond motifs is 1. The molecule has 2 N–H and O–H groups in total. The lowest BCUT2D eigenvalue weighted by atomic mass is 10.2. The molecule has 1 aliphatic heterocycles. The highest BCUT2D eigenvalue weighted by molar-refractivity contribution is 7.98. The number of hydrogen-bond acceptors (Lipinski definition) is 4. The van der Waals surface area contributed by atoms with E-state index in [-0.39, 0.29) is 0 Å². The van der Waals surface area contributed by atoms with Gasteiger partial charge in [0.25, 0.3) is 0 Å². The zero-order valence-corrected chi connectivity index (χ0v) is 15.4. The molecule has 0 aliphatic carbocycles. The van der Waals surface area contributed by atoms with E-state index >= 15 is 0 Å². The monoisotopic (exact) mass is 357 g/mol. The van der Waals surface area contributed by atoms with Gasteiger partial charge in [0.15, 0.2) is 17.5 Å². The normalized spacial score (nSPS) is 13.9. The molecule has 0 bridgehead atoms. The average Bonchev–Trinajstić information content (AvgIpc) is 2.90. The molecule has 2 aromatic carbocycles. The summed E-state index contributed by atoms with van der Waals surface area (Å²) in [7, 11) is 1.76. The number of hydrogen-bond donors (Lipinski definition) is 2. The van der Waals surface area contributed by atoms with Gasteiger partial charge < -0.3 is 20.1 Å². The predicted molar refractivity (Wildman–Crippen MR) is 104 cm³/mol. The summed E-state index contributed by atoms with van der Waals surface area (Å²) in [4.78, 5) is 5.54. The fourth-order valence-electron chi connectivity index (χ4n) is 2.49.